The summed E-state index contributed by atoms with van der Waals surface area (Å²) in [7, 11) is 0. The van der Waals surface area contributed by atoms with Crippen molar-refractivity contribution in [3.8, 4) is 0 Å². The van der Waals surface area contributed by atoms with Gasteiger partial charge < -0.3 is 16.0 Å². The lowest BCUT2D eigenvalue weighted by molar-refractivity contribution is -0.121. The van der Waals surface area contributed by atoms with Crippen LogP contribution >= 0.6 is 0 Å². The summed E-state index contributed by atoms with van der Waals surface area (Å²) in [6.07, 6.45) is 3.04. The molecule has 0 aliphatic carbocycles. The Morgan fingerprint density at radius 1 is 1.00 bits per heavy atom. The Morgan fingerprint density at radius 3 is 2.38 bits per heavy atom. The van der Waals surface area contributed by atoms with Crippen molar-refractivity contribution >= 4 is 23.4 Å². The van der Waals surface area contributed by atoms with Gasteiger partial charge in [-0.15, -0.1) is 0 Å². The molecule has 26 heavy (non-hydrogen) atoms. The summed E-state index contributed by atoms with van der Waals surface area (Å²) >= 11 is 0. The van der Waals surface area contributed by atoms with E-state index >= 15 is 0 Å². The Bertz CT molecular complexity index is 798. The Kier molecular flexibility index (Phi) is 6.06. The van der Waals surface area contributed by atoms with E-state index in [-0.39, 0.29) is 23.9 Å². The van der Waals surface area contributed by atoms with Gasteiger partial charge in [-0.3, -0.25) is 19.4 Å². The molecule has 0 radical (unpaired) electrons. The van der Waals surface area contributed by atoms with Crippen LogP contribution < -0.4 is 16.0 Å². The number of benzene rings is 1. The fraction of sp³-hybridized carbons (Fsp3) is 0.263. The van der Waals surface area contributed by atoms with Crippen molar-refractivity contribution < 1.29 is 14.4 Å². The fourth-order valence-electron chi connectivity index (χ4n) is 2.16. The molecule has 2 aromatic rings. The second-order valence-corrected chi connectivity index (χ2v) is 6.76. The summed E-state index contributed by atoms with van der Waals surface area (Å²) in [5.41, 5.74) is 0.877. The van der Waals surface area contributed by atoms with Gasteiger partial charge in [-0.25, -0.2) is 0 Å². The minimum absolute atomic E-state index is 0.123. The predicted octanol–water partition coefficient (Wildman–Crippen LogP) is 1.98. The third-order valence-corrected chi connectivity index (χ3v) is 3.23. The molecule has 0 saturated heterocycles. The van der Waals surface area contributed by atoms with Crippen molar-refractivity contribution in [1.29, 1.82) is 0 Å². The van der Waals surface area contributed by atoms with Crippen LogP contribution in [0.25, 0.3) is 0 Å². The summed E-state index contributed by atoms with van der Waals surface area (Å²) in [5, 5.41) is 8.04. The third kappa shape index (κ3) is 6.01. The van der Waals surface area contributed by atoms with E-state index in [1.807, 2.05) is 20.8 Å². The van der Waals surface area contributed by atoms with Crippen LogP contribution in [0.1, 0.15) is 41.5 Å². The summed E-state index contributed by atoms with van der Waals surface area (Å²) < 4.78 is 0. The molecule has 0 aliphatic heterocycles. The van der Waals surface area contributed by atoms with Crippen molar-refractivity contribution in [2.45, 2.75) is 26.3 Å². The molecule has 7 heteroatoms. The van der Waals surface area contributed by atoms with Gasteiger partial charge in [0, 0.05) is 29.2 Å². The quantitative estimate of drug-likeness (QED) is 0.764. The first kappa shape index (κ1) is 19.1. The minimum Gasteiger partial charge on any atom is -0.350 e. The molecule has 1 aromatic heterocycles. The number of rotatable bonds is 5. The Hall–Kier alpha value is -3.22. The van der Waals surface area contributed by atoms with Crippen LogP contribution in [0.5, 0.6) is 0 Å². The number of nitrogens with one attached hydrogen (secondary N) is 3. The average Bonchev–Trinajstić information content (AvgIpc) is 2.59. The highest BCUT2D eigenvalue weighted by Gasteiger charge is 2.15. The number of amides is 3. The monoisotopic (exact) mass is 354 g/mol. The maximum atomic E-state index is 12.2. The van der Waals surface area contributed by atoms with Crippen LogP contribution in [0.15, 0.2) is 48.8 Å². The van der Waals surface area contributed by atoms with Crippen molar-refractivity contribution in [2.24, 2.45) is 0 Å². The highest BCUT2D eigenvalue weighted by atomic mass is 16.2. The number of pyridine rings is 1. The molecular formula is C19H22N4O3. The van der Waals surface area contributed by atoms with Crippen LogP contribution in [0.4, 0.5) is 5.69 Å². The van der Waals surface area contributed by atoms with Gasteiger partial charge in [-0.1, -0.05) is 6.07 Å². The molecule has 2 rings (SSSR count). The maximum absolute atomic E-state index is 12.2. The summed E-state index contributed by atoms with van der Waals surface area (Å²) in [6, 6.07) is 9.80. The van der Waals surface area contributed by atoms with Crippen LogP contribution in [-0.4, -0.2) is 34.8 Å². The van der Waals surface area contributed by atoms with Crippen molar-refractivity contribution in [2.75, 3.05) is 11.9 Å². The van der Waals surface area contributed by atoms with Crippen LogP contribution in [0, 0.1) is 0 Å². The third-order valence-electron chi connectivity index (χ3n) is 3.23. The molecule has 1 heterocycles. The summed E-state index contributed by atoms with van der Waals surface area (Å²) in [4.78, 5) is 40.0. The van der Waals surface area contributed by atoms with Gasteiger partial charge in [0.1, 0.15) is 0 Å². The van der Waals surface area contributed by atoms with Crippen molar-refractivity contribution in [3.05, 3.63) is 59.9 Å². The lowest BCUT2D eigenvalue weighted by Gasteiger charge is -2.20. The standard InChI is InChI=1S/C19H22N4O3/c1-19(2,3)23-16(24)12-21-17(25)13-6-4-8-15(10-13)22-18(26)14-7-5-9-20-11-14/h4-11H,12H2,1-3H3,(H,21,25)(H,22,26)(H,23,24). The number of carbonyl (C=O) groups is 3. The first-order chi connectivity index (χ1) is 12.2. The van der Waals surface area contributed by atoms with E-state index in [0.29, 0.717) is 16.8 Å². The molecule has 0 aliphatic rings. The average molecular weight is 354 g/mol. The number of carbonyl (C=O) groups excluding carboxylic acids is 3. The molecule has 3 N–H and O–H groups in total. The van der Waals surface area contributed by atoms with Crippen LogP contribution in [0.3, 0.4) is 0 Å². The van der Waals surface area contributed by atoms with Crippen molar-refractivity contribution in [3.63, 3.8) is 0 Å². The van der Waals surface area contributed by atoms with Gasteiger partial charge in [-0.05, 0) is 51.1 Å². The number of aromatic nitrogens is 1. The van der Waals surface area contributed by atoms with E-state index in [1.165, 1.54) is 6.20 Å². The van der Waals surface area contributed by atoms with Crippen LogP contribution in [-0.2, 0) is 4.79 Å². The van der Waals surface area contributed by atoms with Gasteiger partial charge in [0.25, 0.3) is 11.8 Å². The zero-order chi connectivity index (χ0) is 19.2. The molecule has 7 nitrogen and oxygen atoms in total. The van der Waals surface area contributed by atoms with E-state index in [0.717, 1.165) is 0 Å². The zero-order valence-electron chi connectivity index (χ0n) is 15.0. The smallest absolute Gasteiger partial charge is 0.257 e. The largest absolute Gasteiger partial charge is 0.350 e. The normalized spacial score (nSPS) is 10.7. The first-order valence-electron chi connectivity index (χ1n) is 8.15. The first-order valence-corrected chi connectivity index (χ1v) is 8.15. The molecule has 136 valence electrons. The topological polar surface area (TPSA) is 100 Å². The molecule has 0 unspecified atom stereocenters. The fourth-order valence-corrected chi connectivity index (χ4v) is 2.16. The van der Waals surface area contributed by atoms with Crippen LogP contribution in [0.2, 0.25) is 0 Å². The highest BCUT2D eigenvalue weighted by Crippen LogP contribution is 2.12. The number of nitrogens with zero attached hydrogens (tertiary/aromatic N) is 1. The summed E-state index contributed by atoms with van der Waals surface area (Å²) in [5.74, 6) is -0.987. The Balaban J connectivity index is 1.96. The molecule has 0 fully saturated rings. The van der Waals surface area contributed by atoms with Gasteiger partial charge in [0.2, 0.25) is 5.91 Å². The second kappa shape index (κ2) is 8.24. The number of hydrogen-bond acceptors (Lipinski definition) is 4. The summed E-state index contributed by atoms with van der Waals surface area (Å²) in [6.45, 7) is 5.46. The van der Waals surface area contributed by atoms with Gasteiger partial charge in [0.05, 0.1) is 12.1 Å². The molecule has 0 saturated carbocycles. The maximum Gasteiger partial charge on any atom is 0.257 e. The zero-order valence-corrected chi connectivity index (χ0v) is 15.0. The molecule has 3 amide bonds. The second-order valence-electron chi connectivity index (χ2n) is 6.76. The molecule has 0 atom stereocenters. The molecule has 0 bridgehead atoms. The van der Waals surface area contributed by atoms with E-state index in [1.54, 1.807) is 42.6 Å². The minimum atomic E-state index is -0.397. The predicted molar refractivity (Wildman–Crippen MR) is 98.9 cm³/mol. The highest BCUT2D eigenvalue weighted by molar-refractivity contribution is 6.05. The van der Waals surface area contributed by atoms with E-state index in [9.17, 15) is 14.4 Å². The number of hydrogen-bond donors (Lipinski definition) is 3. The van der Waals surface area contributed by atoms with Gasteiger partial charge in [-0.2, -0.15) is 0 Å². The lowest BCUT2D eigenvalue weighted by Crippen LogP contribution is -2.45. The van der Waals surface area contributed by atoms with E-state index in [2.05, 4.69) is 20.9 Å². The molecular weight excluding hydrogens is 332 g/mol. The van der Waals surface area contributed by atoms with Gasteiger partial charge >= 0.3 is 0 Å². The molecule has 1 aromatic carbocycles. The number of anilines is 1. The van der Waals surface area contributed by atoms with E-state index < -0.39 is 5.91 Å². The van der Waals surface area contributed by atoms with Crippen molar-refractivity contribution in [1.82, 2.24) is 15.6 Å². The Labute approximate surface area is 152 Å². The van der Waals surface area contributed by atoms with Gasteiger partial charge in [0.15, 0.2) is 0 Å². The lowest BCUT2D eigenvalue weighted by atomic mass is 10.1. The Morgan fingerprint density at radius 2 is 1.73 bits per heavy atom. The molecule has 0 spiro atoms. The van der Waals surface area contributed by atoms with E-state index in [4.69, 9.17) is 0 Å². The SMILES string of the molecule is CC(C)(C)NC(=O)CNC(=O)c1cccc(NC(=O)c2cccnc2)c1.